The van der Waals surface area contributed by atoms with Crippen molar-refractivity contribution in [1.29, 1.82) is 0 Å². The van der Waals surface area contributed by atoms with Gasteiger partial charge in [-0.3, -0.25) is 0 Å². The Labute approximate surface area is 224 Å². The molecule has 4 saturated heterocycles. The number of hydrogen-bond donors (Lipinski definition) is 1. The molecule has 5 atom stereocenters. The second kappa shape index (κ2) is 9.28. The van der Waals surface area contributed by atoms with Crippen LogP contribution in [0.2, 0.25) is 0 Å². The molecule has 202 valence electrons. The minimum atomic E-state index is -3.49. The summed E-state index contributed by atoms with van der Waals surface area (Å²) in [6, 6.07) is 6.85. The van der Waals surface area contributed by atoms with E-state index >= 15 is 0 Å². The Bertz CT molecular complexity index is 1060. The number of rotatable bonds is 5. The fourth-order valence-corrected chi connectivity index (χ4v) is 8.31. The summed E-state index contributed by atoms with van der Waals surface area (Å²) in [7, 11) is -3.49. The lowest BCUT2D eigenvalue weighted by molar-refractivity contribution is -0.190. The summed E-state index contributed by atoms with van der Waals surface area (Å²) in [6.45, 7) is 9.58. The fraction of sp³-hybridized carbons (Fsp3) is 0.778. The van der Waals surface area contributed by atoms with Gasteiger partial charge in [0.05, 0.1) is 46.6 Å². The van der Waals surface area contributed by atoms with Crippen molar-refractivity contribution in [2.24, 2.45) is 5.41 Å². The molecular weight excluding hydrogens is 546 g/mol. The van der Waals surface area contributed by atoms with Crippen LogP contribution in [0.3, 0.4) is 0 Å². The number of sulfonamides is 1. The molecule has 7 nitrogen and oxygen atoms in total. The van der Waals surface area contributed by atoms with E-state index in [2.05, 4.69) is 29.8 Å². The Morgan fingerprint density at radius 1 is 0.972 bits per heavy atom. The molecule has 4 fully saturated rings. The third kappa shape index (κ3) is 4.94. The minimum absolute atomic E-state index is 0.000623. The quantitative estimate of drug-likeness (QED) is 0.541. The van der Waals surface area contributed by atoms with Crippen molar-refractivity contribution in [3.05, 3.63) is 28.7 Å². The number of piperidine rings is 1. The van der Waals surface area contributed by atoms with E-state index in [1.807, 2.05) is 13.8 Å². The monoisotopic (exact) mass is 585 g/mol. The van der Waals surface area contributed by atoms with Crippen LogP contribution in [-0.2, 0) is 24.2 Å². The normalized spacial score (nSPS) is 37.7. The largest absolute Gasteiger partial charge is 0.388 e. The maximum atomic E-state index is 13.1. The van der Waals surface area contributed by atoms with Crippen LogP contribution in [-0.4, -0.2) is 72.6 Å². The number of aliphatic hydroxyl groups is 1. The molecule has 1 spiro atoms. The van der Waals surface area contributed by atoms with Crippen molar-refractivity contribution in [3.8, 4) is 0 Å². The molecule has 0 saturated carbocycles. The van der Waals surface area contributed by atoms with Gasteiger partial charge in [0.1, 0.15) is 0 Å². The first-order valence-corrected chi connectivity index (χ1v) is 15.4. The molecule has 0 amide bonds. The molecule has 9 heteroatoms. The Balaban J connectivity index is 1.19. The lowest BCUT2D eigenvalue weighted by Crippen LogP contribution is -2.47. The van der Waals surface area contributed by atoms with Gasteiger partial charge in [0.15, 0.2) is 0 Å². The molecule has 4 heterocycles. The van der Waals surface area contributed by atoms with Gasteiger partial charge >= 0.3 is 0 Å². The molecule has 1 aromatic rings. The predicted molar refractivity (Wildman–Crippen MR) is 140 cm³/mol. The van der Waals surface area contributed by atoms with Crippen LogP contribution in [0.15, 0.2) is 33.6 Å². The van der Waals surface area contributed by atoms with Crippen molar-refractivity contribution >= 4 is 26.0 Å². The van der Waals surface area contributed by atoms with Gasteiger partial charge in [-0.25, -0.2) is 8.42 Å². The molecule has 1 N–H and O–H groups in total. The molecule has 36 heavy (non-hydrogen) atoms. The number of nitrogens with zero attached hydrogens (tertiary/aromatic N) is 1. The second-order valence-electron chi connectivity index (χ2n) is 12.4. The number of ether oxygens (including phenoxy) is 3. The summed E-state index contributed by atoms with van der Waals surface area (Å²) in [6.07, 6.45) is 5.82. The van der Waals surface area contributed by atoms with E-state index in [9.17, 15) is 13.5 Å². The van der Waals surface area contributed by atoms with Gasteiger partial charge in [0, 0.05) is 17.6 Å². The van der Waals surface area contributed by atoms with E-state index in [4.69, 9.17) is 14.2 Å². The highest BCUT2D eigenvalue weighted by atomic mass is 79.9. The van der Waals surface area contributed by atoms with Crippen molar-refractivity contribution in [2.75, 3.05) is 19.7 Å². The van der Waals surface area contributed by atoms with Gasteiger partial charge in [-0.15, -0.1) is 0 Å². The maximum Gasteiger partial charge on any atom is 0.243 e. The zero-order chi connectivity index (χ0) is 26.0. The van der Waals surface area contributed by atoms with E-state index in [1.54, 1.807) is 28.6 Å². The summed E-state index contributed by atoms with van der Waals surface area (Å²) in [4.78, 5) is 0.342. The Kier molecular flexibility index (Phi) is 6.97. The van der Waals surface area contributed by atoms with Crippen molar-refractivity contribution in [3.63, 3.8) is 0 Å². The Hall–Kier alpha value is -0.550. The van der Waals surface area contributed by atoms with Crippen LogP contribution in [0.4, 0.5) is 0 Å². The van der Waals surface area contributed by atoms with E-state index in [-0.39, 0.29) is 29.3 Å². The number of halogens is 1. The van der Waals surface area contributed by atoms with Crippen LogP contribution < -0.4 is 0 Å². The predicted octanol–water partition coefficient (Wildman–Crippen LogP) is 4.66. The second-order valence-corrected chi connectivity index (χ2v) is 15.3. The van der Waals surface area contributed by atoms with Crippen LogP contribution >= 0.6 is 15.9 Å². The average molecular weight is 587 g/mol. The lowest BCUT2D eigenvalue weighted by Gasteiger charge is -2.39. The molecule has 0 aliphatic carbocycles. The van der Waals surface area contributed by atoms with E-state index in [0.29, 0.717) is 24.6 Å². The average Bonchev–Trinajstić information content (AvgIpc) is 3.53. The summed E-state index contributed by atoms with van der Waals surface area (Å²) < 4.78 is 48.2. The number of benzene rings is 1. The molecule has 0 unspecified atom stereocenters. The standard InChI is InChI=1S/C27H40BrNO6S/c1-24(2,30)21-9-11-25(3,34-21)22-10-12-26(4,35-22)23-17-27(18-33-23)13-15-29(16-14-27)36(31,32)20-7-5-19(28)6-8-20/h5-8,21-23,30H,9-18H2,1-4H3/t21-,22-,23-,25+,26+/m0/s1. The third-order valence-corrected chi connectivity index (χ3v) is 11.7. The van der Waals surface area contributed by atoms with E-state index in [0.717, 1.165) is 49.4 Å². The van der Waals surface area contributed by atoms with Gasteiger partial charge in [-0.1, -0.05) is 15.9 Å². The SMILES string of the molecule is CC(C)(O)[C@@H]1CC[C@](C)([C@@H]2CC[C@](C)([C@@H]3CC4(CCN(S(=O)(=O)c5ccc(Br)cc5)CC4)CO3)O2)O1. The molecular formula is C27H40BrNO6S. The molecule has 4 aliphatic heterocycles. The third-order valence-electron chi connectivity index (χ3n) is 9.22. The summed E-state index contributed by atoms with van der Waals surface area (Å²) >= 11 is 3.37. The Morgan fingerprint density at radius 3 is 2.19 bits per heavy atom. The van der Waals surface area contributed by atoms with Gasteiger partial charge in [-0.05, 0) is 102 Å². The fourth-order valence-electron chi connectivity index (χ4n) is 6.61. The Morgan fingerprint density at radius 2 is 1.58 bits per heavy atom. The van der Waals surface area contributed by atoms with E-state index in [1.165, 1.54) is 0 Å². The van der Waals surface area contributed by atoms with Crippen molar-refractivity contribution < 1.29 is 27.7 Å². The summed E-state index contributed by atoms with van der Waals surface area (Å²) in [5.74, 6) is 0. The minimum Gasteiger partial charge on any atom is -0.388 e. The molecule has 1 aromatic carbocycles. The number of hydrogen-bond acceptors (Lipinski definition) is 6. The van der Waals surface area contributed by atoms with Gasteiger partial charge in [0.2, 0.25) is 10.0 Å². The molecule has 0 bridgehead atoms. The van der Waals surface area contributed by atoms with Crippen molar-refractivity contribution in [1.82, 2.24) is 4.31 Å². The molecule has 4 aliphatic rings. The van der Waals surface area contributed by atoms with Gasteiger partial charge in [-0.2, -0.15) is 4.31 Å². The zero-order valence-corrected chi connectivity index (χ0v) is 24.2. The van der Waals surface area contributed by atoms with Gasteiger partial charge < -0.3 is 19.3 Å². The highest BCUT2D eigenvalue weighted by Crippen LogP contribution is 2.51. The topological polar surface area (TPSA) is 85.3 Å². The molecule has 0 aromatic heterocycles. The highest BCUT2D eigenvalue weighted by Gasteiger charge is 2.57. The van der Waals surface area contributed by atoms with Crippen LogP contribution in [0, 0.1) is 5.41 Å². The summed E-state index contributed by atoms with van der Waals surface area (Å²) in [5, 5.41) is 10.4. The first-order valence-electron chi connectivity index (χ1n) is 13.2. The van der Waals surface area contributed by atoms with Crippen molar-refractivity contribution in [2.45, 2.75) is 113 Å². The smallest absolute Gasteiger partial charge is 0.243 e. The first kappa shape index (κ1) is 27.0. The van der Waals surface area contributed by atoms with Crippen LogP contribution in [0.25, 0.3) is 0 Å². The maximum absolute atomic E-state index is 13.1. The van der Waals surface area contributed by atoms with Crippen LogP contribution in [0.5, 0.6) is 0 Å². The molecule has 0 radical (unpaired) electrons. The highest BCUT2D eigenvalue weighted by molar-refractivity contribution is 9.10. The first-order chi connectivity index (χ1) is 16.7. The van der Waals surface area contributed by atoms with Gasteiger partial charge in [0.25, 0.3) is 0 Å². The molecule has 5 rings (SSSR count). The zero-order valence-electron chi connectivity index (χ0n) is 21.8. The summed E-state index contributed by atoms with van der Waals surface area (Å²) in [5.41, 5.74) is -1.64. The van der Waals surface area contributed by atoms with E-state index < -0.39 is 21.2 Å². The van der Waals surface area contributed by atoms with Crippen LogP contribution in [0.1, 0.15) is 72.6 Å². The lowest BCUT2D eigenvalue weighted by atomic mass is 9.75.